The fourth-order valence-electron chi connectivity index (χ4n) is 2.41. The number of nitrogens with zero attached hydrogens (tertiary/aromatic N) is 1. The number of halogens is 2. The monoisotopic (exact) mass is 590 g/mol. The third-order valence-corrected chi connectivity index (χ3v) is 6.26. The van der Waals surface area contributed by atoms with Gasteiger partial charge in [0.2, 0.25) is 0 Å². The zero-order valence-corrected chi connectivity index (χ0v) is 19.3. The average Bonchev–Trinajstić information content (AvgIpc) is 2.94. The van der Waals surface area contributed by atoms with E-state index in [0.717, 1.165) is 30.6 Å². The number of carbonyl (C=O) groups excluding carboxylic acids is 1. The van der Waals surface area contributed by atoms with Crippen molar-refractivity contribution < 1.29 is 9.53 Å². The van der Waals surface area contributed by atoms with E-state index in [4.69, 9.17) is 4.74 Å². The third kappa shape index (κ3) is 4.61. The maximum absolute atomic E-state index is 12.3. The minimum absolute atomic E-state index is 0.125. The Balaban J connectivity index is 1.83. The van der Waals surface area contributed by atoms with Crippen molar-refractivity contribution in [3.63, 3.8) is 0 Å². The Labute approximate surface area is 184 Å². The fraction of sp³-hybridized carbons (Fsp3) is 0.158. The van der Waals surface area contributed by atoms with E-state index in [0.29, 0.717) is 10.1 Å². The molecule has 0 spiro atoms. The molecule has 1 N–H and O–H groups in total. The molecule has 3 rings (SSSR count). The molecule has 0 aromatic heterocycles. The summed E-state index contributed by atoms with van der Waals surface area (Å²) < 4.78 is 7.40. The quantitative estimate of drug-likeness (QED) is 0.386. The summed E-state index contributed by atoms with van der Waals surface area (Å²) in [5.74, 6) is 0.731. The fourth-order valence-corrected chi connectivity index (χ4v) is 5.51. The van der Waals surface area contributed by atoms with E-state index in [9.17, 15) is 4.79 Å². The molecule has 0 aliphatic carbocycles. The van der Waals surface area contributed by atoms with Crippen LogP contribution in [0.3, 0.4) is 0 Å². The molecule has 0 saturated carbocycles. The standard InChI is InChI=1S/C19H16I2N2O2S/c1-3-11-4-6-13(7-5-11)22-19-23-18(24)16(26-19)10-12-8-14(20)17(25-2)15(21)9-12/h4-10H,3H2,1-2H3,(H,22,23,24)/b16-10-. The van der Waals surface area contributed by atoms with Crippen LogP contribution < -0.4 is 10.1 Å². The van der Waals surface area contributed by atoms with Gasteiger partial charge in [-0.05, 0) is 105 Å². The molecular weight excluding hydrogens is 574 g/mol. The Bertz CT molecular complexity index is 885. The Morgan fingerprint density at radius 3 is 2.42 bits per heavy atom. The molecule has 134 valence electrons. The molecule has 1 aliphatic heterocycles. The topological polar surface area (TPSA) is 50.7 Å². The maximum atomic E-state index is 12.3. The van der Waals surface area contributed by atoms with Crippen LogP contribution in [0.4, 0.5) is 5.69 Å². The van der Waals surface area contributed by atoms with Gasteiger partial charge in [0.1, 0.15) is 5.75 Å². The highest BCUT2D eigenvalue weighted by Crippen LogP contribution is 2.32. The Hall–Kier alpha value is -1.07. The second kappa shape index (κ2) is 8.75. The summed E-state index contributed by atoms with van der Waals surface area (Å²) in [5, 5.41) is 3.43. The molecule has 2 aromatic carbocycles. The van der Waals surface area contributed by atoms with E-state index >= 15 is 0 Å². The lowest BCUT2D eigenvalue weighted by atomic mass is 10.2. The predicted molar refractivity (Wildman–Crippen MR) is 125 cm³/mol. The van der Waals surface area contributed by atoms with Crippen molar-refractivity contribution in [1.82, 2.24) is 5.32 Å². The third-order valence-electron chi connectivity index (χ3n) is 3.75. The van der Waals surface area contributed by atoms with Crippen LogP contribution in [0.15, 0.2) is 46.3 Å². The summed E-state index contributed by atoms with van der Waals surface area (Å²) in [5.41, 5.74) is 3.06. The second-order valence-electron chi connectivity index (χ2n) is 5.52. The first-order valence-electron chi connectivity index (χ1n) is 7.91. The minimum Gasteiger partial charge on any atom is -0.495 e. The van der Waals surface area contributed by atoms with Crippen LogP contribution in [0, 0.1) is 7.14 Å². The van der Waals surface area contributed by atoms with Gasteiger partial charge in [0.25, 0.3) is 5.91 Å². The van der Waals surface area contributed by atoms with Gasteiger partial charge in [-0.2, -0.15) is 0 Å². The van der Waals surface area contributed by atoms with Gasteiger partial charge in [-0.15, -0.1) is 0 Å². The van der Waals surface area contributed by atoms with Gasteiger partial charge in [-0.25, -0.2) is 4.99 Å². The molecule has 0 atom stereocenters. The van der Waals surface area contributed by atoms with Crippen LogP contribution in [0.1, 0.15) is 18.1 Å². The molecule has 0 unspecified atom stereocenters. The zero-order valence-electron chi connectivity index (χ0n) is 14.2. The number of methoxy groups -OCH3 is 1. The molecule has 0 radical (unpaired) electrons. The van der Waals surface area contributed by atoms with Crippen LogP contribution >= 0.6 is 56.9 Å². The number of carbonyl (C=O) groups is 1. The lowest BCUT2D eigenvalue weighted by Gasteiger charge is -2.07. The summed E-state index contributed by atoms with van der Waals surface area (Å²) >= 11 is 5.83. The van der Waals surface area contributed by atoms with Crippen LogP contribution in [-0.2, 0) is 11.2 Å². The van der Waals surface area contributed by atoms with Crippen molar-refractivity contribution >= 4 is 79.8 Å². The SMILES string of the molecule is CCc1ccc(N=C2NC(=O)/C(=C/c3cc(I)c(OC)c(I)c3)S2)cc1. The van der Waals surface area contributed by atoms with Crippen LogP contribution in [0.5, 0.6) is 5.75 Å². The van der Waals surface area contributed by atoms with Gasteiger partial charge >= 0.3 is 0 Å². The smallest absolute Gasteiger partial charge is 0.264 e. The van der Waals surface area contributed by atoms with E-state index in [1.54, 1.807) is 7.11 Å². The maximum Gasteiger partial charge on any atom is 0.264 e. The first kappa shape index (κ1) is 19.7. The molecule has 1 saturated heterocycles. The summed E-state index contributed by atoms with van der Waals surface area (Å²) in [4.78, 5) is 17.4. The Morgan fingerprint density at radius 2 is 1.85 bits per heavy atom. The summed E-state index contributed by atoms with van der Waals surface area (Å²) in [6.07, 6.45) is 2.88. The molecule has 1 amide bonds. The number of aryl methyl sites for hydroxylation is 1. The van der Waals surface area contributed by atoms with E-state index < -0.39 is 0 Å². The molecule has 7 heteroatoms. The van der Waals surface area contributed by atoms with Gasteiger partial charge in [-0.3, -0.25) is 4.79 Å². The average molecular weight is 590 g/mol. The first-order valence-corrected chi connectivity index (χ1v) is 10.9. The lowest BCUT2D eigenvalue weighted by molar-refractivity contribution is -0.115. The highest BCUT2D eigenvalue weighted by Gasteiger charge is 2.24. The van der Waals surface area contributed by atoms with E-state index in [1.807, 2.05) is 30.3 Å². The highest BCUT2D eigenvalue weighted by molar-refractivity contribution is 14.1. The molecule has 1 fully saturated rings. The number of ether oxygens (including phenoxy) is 1. The van der Waals surface area contributed by atoms with Crippen LogP contribution in [0.2, 0.25) is 0 Å². The van der Waals surface area contributed by atoms with Crippen molar-refractivity contribution in [3.05, 3.63) is 59.6 Å². The van der Waals surface area contributed by atoms with Gasteiger partial charge in [-0.1, -0.05) is 19.1 Å². The number of hydrogen-bond donors (Lipinski definition) is 1. The number of nitrogens with one attached hydrogen (secondary N) is 1. The molecular formula is C19H16I2N2O2S. The van der Waals surface area contributed by atoms with Crippen LogP contribution in [-0.4, -0.2) is 18.2 Å². The number of rotatable bonds is 4. The molecule has 0 bridgehead atoms. The number of benzene rings is 2. The summed E-state index contributed by atoms with van der Waals surface area (Å²) in [7, 11) is 1.66. The second-order valence-corrected chi connectivity index (χ2v) is 8.87. The Morgan fingerprint density at radius 1 is 1.19 bits per heavy atom. The molecule has 1 aliphatic rings. The number of thioether (sulfide) groups is 1. The van der Waals surface area contributed by atoms with Gasteiger partial charge in [0, 0.05) is 0 Å². The van der Waals surface area contributed by atoms with E-state index in [2.05, 4.69) is 74.5 Å². The highest BCUT2D eigenvalue weighted by atomic mass is 127. The molecule has 2 aromatic rings. The lowest BCUT2D eigenvalue weighted by Crippen LogP contribution is -2.19. The normalized spacial score (nSPS) is 17.0. The van der Waals surface area contributed by atoms with Crippen molar-refractivity contribution in [3.8, 4) is 5.75 Å². The van der Waals surface area contributed by atoms with E-state index in [-0.39, 0.29) is 5.91 Å². The number of aliphatic imine (C=N–C) groups is 1. The first-order chi connectivity index (χ1) is 12.5. The summed E-state index contributed by atoms with van der Waals surface area (Å²) in [6, 6.07) is 12.0. The van der Waals surface area contributed by atoms with Crippen molar-refractivity contribution in [1.29, 1.82) is 0 Å². The molecule has 1 heterocycles. The number of amidine groups is 1. The van der Waals surface area contributed by atoms with Gasteiger partial charge in [0.15, 0.2) is 5.17 Å². The summed E-state index contributed by atoms with van der Waals surface area (Å²) in [6.45, 7) is 2.12. The minimum atomic E-state index is -0.125. The van der Waals surface area contributed by atoms with Crippen molar-refractivity contribution in [2.45, 2.75) is 13.3 Å². The van der Waals surface area contributed by atoms with Crippen molar-refractivity contribution in [2.24, 2.45) is 4.99 Å². The van der Waals surface area contributed by atoms with Gasteiger partial charge in [0.05, 0.1) is 24.8 Å². The van der Waals surface area contributed by atoms with Crippen LogP contribution in [0.25, 0.3) is 6.08 Å². The van der Waals surface area contributed by atoms with E-state index in [1.165, 1.54) is 17.3 Å². The van der Waals surface area contributed by atoms with Gasteiger partial charge < -0.3 is 10.1 Å². The Kier molecular flexibility index (Phi) is 6.62. The molecule has 26 heavy (non-hydrogen) atoms. The molecule has 4 nitrogen and oxygen atoms in total. The zero-order chi connectivity index (χ0) is 18.7. The largest absolute Gasteiger partial charge is 0.495 e. The predicted octanol–water partition coefficient (Wildman–Crippen LogP) is 5.36. The number of amides is 1. The van der Waals surface area contributed by atoms with Crippen molar-refractivity contribution in [2.75, 3.05) is 7.11 Å². The number of hydrogen-bond acceptors (Lipinski definition) is 4.